The van der Waals surface area contributed by atoms with E-state index in [-0.39, 0.29) is 34.4 Å². The molecule has 0 unspecified atom stereocenters. The van der Waals surface area contributed by atoms with Crippen LogP contribution in [0.3, 0.4) is 0 Å². The fraction of sp³-hybridized carbons (Fsp3) is 0.200. The average Bonchev–Trinajstić information content (AvgIpc) is 2.83. The summed E-state index contributed by atoms with van der Waals surface area (Å²) < 4.78 is 55.6. The van der Waals surface area contributed by atoms with Gasteiger partial charge in [-0.05, 0) is 36.8 Å². The van der Waals surface area contributed by atoms with E-state index >= 15 is 0 Å². The first-order valence-electron chi connectivity index (χ1n) is 10.8. The summed E-state index contributed by atoms with van der Waals surface area (Å²) in [6.45, 7) is 1.01. The predicted octanol–water partition coefficient (Wildman–Crippen LogP) is 5.54. The van der Waals surface area contributed by atoms with Gasteiger partial charge in [-0.1, -0.05) is 17.7 Å². The van der Waals surface area contributed by atoms with E-state index in [4.69, 9.17) is 17.3 Å². The summed E-state index contributed by atoms with van der Waals surface area (Å²) in [4.78, 5) is 28.7. The second kappa shape index (κ2) is 9.69. The van der Waals surface area contributed by atoms with Gasteiger partial charge in [0.15, 0.2) is 0 Å². The van der Waals surface area contributed by atoms with Crippen molar-refractivity contribution in [3.05, 3.63) is 93.0 Å². The maximum absolute atomic E-state index is 14.6. The molecule has 188 valence electrons. The summed E-state index contributed by atoms with van der Waals surface area (Å²) in [5.74, 6) is -4.67. The highest BCUT2D eigenvalue weighted by Gasteiger charge is 2.34. The van der Waals surface area contributed by atoms with Gasteiger partial charge in [0.25, 0.3) is 5.91 Å². The molecule has 11 heteroatoms. The third-order valence-corrected chi connectivity index (χ3v) is 6.66. The molecular weight excluding hydrogens is 500 g/mol. The zero-order valence-corrected chi connectivity index (χ0v) is 20.0. The Bertz CT molecular complexity index is 1360. The van der Waals surface area contributed by atoms with Gasteiger partial charge in [0, 0.05) is 42.4 Å². The highest BCUT2D eigenvalue weighted by Crippen LogP contribution is 2.38. The summed E-state index contributed by atoms with van der Waals surface area (Å²) in [6, 6.07) is 7.26. The first-order chi connectivity index (χ1) is 17.0. The Kier molecular flexibility index (Phi) is 6.81. The standard InChI is InChI=1S/C25H21ClF4N4O2/c1-12-15-4-3-13(24(35)32-10-16-19(29)8-14(27)9-20(16)30)7-22(15)34(25(36)33(12)2)11-17-18(28)5-6-21(31)23(17)26/h3-9,12H,10-11,31H2,1-2H3,(H,32,35)/t12-/m0/s1. The Morgan fingerprint density at radius 3 is 2.36 bits per heavy atom. The highest BCUT2D eigenvalue weighted by molar-refractivity contribution is 6.33. The highest BCUT2D eigenvalue weighted by atomic mass is 35.5. The van der Waals surface area contributed by atoms with Crippen LogP contribution in [0.1, 0.15) is 40.0 Å². The maximum atomic E-state index is 14.6. The fourth-order valence-corrected chi connectivity index (χ4v) is 4.24. The molecule has 0 saturated carbocycles. The van der Waals surface area contributed by atoms with Crippen molar-refractivity contribution in [2.24, 2.45) is 0 Å². The molecule has 0 aliphatic carbocycles. The Balaban J connectivity index is 1.67. The first-order valence-corrected chi connectivity index (χ1v) is 11.2. The van der Waals surface area contributed by atoms with Crippen molar-refractivity contribution in [2.75, 3.05) is 17.7 Å². The number of nitrogens with zero attached hydrogens (tertiary/aromatic N) is 2. The molecule has 1 heterocycles. The Morgan fingerprint density at radius 2 is 1.69 bits per heavy atom. The summed E-state index contributed by atoms with van der Waals surface area (Å²) in [5, 5.41) is 2.37. The number of nitrogen functional groups attached to an aromatic ring is 1. The zero-order valence-electron chi connectivity index (χ0n) is 19.2. The minimum Gasteiger partial charge on any atom is -0.398 e. The monoisotopic (exact) mass is 520 g/mol. The molecule has 3 N–H and O–H groups in total. The molecule has 36 heavy (non-hydrogen) atoms. The maximum Gasteiger partial charge on any atom is 0.325 e. The van der Waals surface area contributed by atoms with Crippen molar-refractivity contribution in [2.45, 2.75) is 26.1 Å². The number of carbonyl (C=O) groups is 2. The van der Waals surface area contributed by atoms with Gasteiger partial charge in [-0.3, -0.25) is 9.69 Å². The number of halogens is 5. The lowest BCUT2D eigenvalue weighted by Gasteiger charge is -2.40. The summed E-state index contributed by atoms with van der Waals surface area (Å²) in [5.41, 5.74) is 6.58. The lowest BCUT2D eigenvalue weighted by molar-refractivity contribution is 0.0950. The lowest BCUT2D eigenvalue weighted by Crippen LogP contribution is -2.46. The van der Waals surface area contributed by atoms with Gasteiger partial charge in [0.2, 0.25) is 0 Å². The molecule has 1 aliphatic rings. The molecule has 0 fully saturated rings. The molecule has 0 bridgehead atoms. The fourth-order valence-electron chi connectivity index (χ4n) is 4.02. The largest absolute Gasteiger partial charge is 0.398 e. The van der Waals surface area contributed by atoms with Gasteiger partial charge in [-0.15, -0.1) is 0 Å². The number of benzene rings is 3. The number of carbonyl (C=O) groups excluding carboxylic acids is 2. The van der Waals surface area contributed by atoms with Gasteiger partial charge in [0.1, 0.15) is 23.3 Å². The van der Waals surface area contributed by atoms with Crippen molar-refractivity contribution < 1.29 is 27.2 Å². The summed E-state index contributed by atoms with van der Waals surface area (Å²) in [7, 11) is 1.59. The van der Waals surface area contributed by atoms with Crippen LogP contribution >= 0.6 is 11.6 Å². The normalized spacial score (nSPS) is 15.2. The second-order valence-electron chi connectivity index (χ2n) is 8.39. The summed E-state index contributed by atoms with van der Waals surface area (Å²) in [6.07, 6.45) is 0. The first kappa shape index (κ1) is 25.3. The van der Waals surface area contributed by atoms with E-state index in [1.807, 2.05) is 0 Å². The van der Waals surface area contributed by atoms with E-state index < -0.39 is 47.3 Å². The van der Waals surface area contributed by atoms with Crippen LogP contribution in [0.2, 0.25) is 5.02 Å². The minimum atomic E-state index is -1.13. The Hall–Kier alpha value is -3.79. The molecule has 3 aromatic carbocycles. The van der Waals surface area contributed by atoms with Crippen molar-refractivity contribution in [3.63, 3.8) is 0 Å². The van der Waals surface area contributed by atoms with E-state index in [9.17, 15) is 27.2 Å². The van der Waals surface area contributed by atoms with E-state index in [1.54, 1.807) is 20.0 Å². The smallest absolute Gasteiger partial charge is 0.325 e. The Morgan fingerprint density at radius 1 is 1.03 bits per heavy atom. The molecule has 0 saturated heterocycles. The van der Waals surface area contributed by atoms with Crippen LogP contribution in [0.5, 0.6) is 0 Å². The molecular formula is C25H21ClF4N4O2. The van der Waals surface area contributed by atoms with Crippen molar-refractivity contribution >= 4 is 34.9 Å². The van der Waals surface area contributed by atoms with Gasteiger partial charge in [-0.25, -0.2) is 22.4 Å². The van der Waals surface area contributed by atoms with Crippen molar-refractivity contribution in [1.82, 2.24) is 10.2 Å². The van der Waals surface area contributed by atoms with Gasteiger partial charge in [0.05, 0.1) is 29.0 Å². The molecule has 0 radical (unpaired) electrons. The minimum absolute atomic E-state index is 0.0102. The number of nitrogens with two attached hydrogens (primary N) is 1. The third-order valence-electron chi connectivity index (χ3n) is 6.21. The van der Waals surface area contributed by atoms with E-state index in [0.717, 1.165) is 6.07 Å². The number of urea groups is 1. The number of hydrogen-bond donors (Lipinski definition) is 2. The number of hydrogen-bond acceptors (Lipinski definition) is 3. The molecule has 4 rings (SSSR count). The summed E-state index contributed by atoms with van der Waals surface area (Å²) >= 11 is 6.21. The van der Waals surface area contributed by atoms with Crippen LogP contribution < -0.4 is 16.0 Å². The quantitative estimate of drug-likeness (QED) is 0.342. The number of rotatable bonds is 5. The molecule has 1 aliphatic heterocycles. The lowest BCUT2D eigenvalue weighted by atomic mass is 9.98. The van der Waals surface area contributed by atoms with Gasteiger partial charge < -0.3 is 16.0 Å². The zero-order chi connectivity index (χ0) is 26.3. The predicted molar refractivity (Wildman–Crippen MR) is 128 cm³/mol. The van der Waals surface area contributed by atoms with Crippen molar-refractivity contribution in [1.29, 1.82) is 0 Å². The molecule has 3 aromatic rings. The topological polar surface area (TPSA) is 78.7 Å². The van der Waals surface area contributed by atoms with E-state index in [0.29, 0.717) is 23.4 Å². The van der Waals surface area contributed by atoms with Gasteiger partial charge in [-0.2, -0.15) is 0 Å². The van der Waals surface area contributed by atoms with Crippen LogP contribution in [0.25, 0.3) is 0 Å². The van der Waals surface area contributed by atoms with E-state index in [2.05, 4.69) is 5.32 Å². The van der Waals surface area contributed by atoms with Crippen LogP contribution in [0.15, 0.2) is 42.5 Å². The molecule has 0 aromatic heterocycles. The molecule has 0 spiro atoms. The van der Waals surface area contributed by atoms with Crippen molar-refractivity contribution in [3.8, 4) is 0 Å². The molecule has 6 nitrogen and oxygen atoms in total. The molecule has 3 amide bonds. The van der Waals surface area contributed by atoms with Crippen LogP contribution in [-0.2, 0) is 13.1 Å². The van der Waals surface area contributed by atoms with Crippen LogP contribution in [0, 0.1) is 23.3 Å². The number of nitrogens with one attached hydrogen (secondary N) is 1. The second-order valence-corrected chi connectivity index (χ2v) is 8.77. The average molecular weight is 521 g/mol. The Labute approximate surface area is 209 Å². The van der Waals surface area contributed by atoms with Crippen LogP contribution in [-0.4, -0.2) is 23.9 Å². The number of fused-ring (bicyclic) bond motifs is 1. The molecule has 1 atom stereocenters. The van der Waals surface area contributed by atoms with E-state index in [1.165, 1.54) is 28.0 Å². The third kappa shape index (κ3) is 4.56. The number of anilines is 2. The SMILES string of the molecule is C[C@H]1c2ccc(C(=O)NCc3c(F)cc(F)cc3F)cc2N(Cc2c(F)ccc(N)c2Cl)C(=O)N1C. The van der Waals surface area contributed by atoms with Crippen LogP contribution in [0.4, 0.5) is 33.7 Å². The number of amides is 3. The van der Waals surface area contributed by atoms with Gasteiger partial charge >= 0.3 is 6.03 Å².